The molecule has 1 saturated heterocycles. The van der Waals surface area contributed by atoms with Crippen molar-refractivity contribution in [1.82, 2.24) is 9.47 Å². The number of benzene rings is 2. The number of hydrogen-bond donors (Lipinski definition) is 0. The van der Waals surface area contributed by atoms with Gasteiger partial charge >= 0.3 is 0 Å². The molecule has 154 valence electrons. The van der Waals surface area contributed by atoms with Crippen LogP contribution in [0.5, 0.6) is 0 Å². The largest absolute Gasteiger partial charge is 0.337 e. The van der Waals surface area contributed by atoms with Gasteiger partial charge in [0.05, 0.1) is 4.92 Å². The van der Waals surface area contributed by atoms with Gasteiger partial charge < -0.3 is 14.4 Å². The van der Waals surface area contributed by atoms with E-state index in [1.165, 1.54) is 12.1 Å². The van der Waals surface area contributed by atoms with Gasteiger partial charge in [0.15, 0.2) is 0 Å². The van der Waals surface area contributed by atoms with Crippen molar-refractivity contribution in [2.45, 2.75) is 19.4 Å². The summed E-state index contributed by atoms with van der Waals surface area (Å²) in [7, 11) is 1.89. The molecule has 7 heteroatoms. The van der Waals surface area contributed by atoms with E-state index in [1.54, 1.807) is 12.1 Å². The Morgan fingerprint density at radius 3 is 2.30 bits per heavy atom. The van der Waals surface area contributed by atoms with E-state index in [0.29, 0.717) is 12.2 Å². The maximum Gasteiger partial charge on any atom is 0.270 e. The molecule has 0 aliphatic carbocycles. The van der Waals surface area contributed by atoms with E-state index in [4.69, 9.17) is 0 Å². The van der Waals surface area contributed by atoms with Crippen molar-refractivity contribution in [3.63, 3.8) is 0 Å². The van der Waals surface area contributed by atoms with Gasteiger partial charge in [-0.25, -0.2) is 0 Å². The fourth-order valence-corrected chi connectivity index (χ4v) is 3.89. The summed E-state index contributed by atoms with van der Waals surface area (Å²) in [5, 5.41) is 11.0. The van der Waals surface area contributed by atoms with E-state index in [-0.39, 0.29) is 11.6 Å². The molecule has 7 nitrogen and oxygen atoms in total. The van der Waals surface area contributed by atoms with Gasteiger partial charge in [-0.3, -0.25) is 14.9 Å². The SMILES string of the molecule is Cn1c(C(=O)N2CCCC2)ccc1N(Cc1ccccc1)c1ccc([N+](=O)[O-])cc1. The number of rotatable bonds is 6. The maximum atomic E-state index is 12.9. The molecule has 0 saturated carbocycles. The molecular weight excluding hydrogens is 380 g/mol. The summed E-state index contributed by atoms with van der Waals surface area (Å²) in [5.41, 5.74) is 2.62. The van der Waals surface area contributed by atoms with E-state index in [0.717, 1.165) is 43.0 Å². The molecule has 2 aromatic carbocycles. The third kappa shape index (κ3) is 3.91. The number of likely N-dealkylation sites (tertiary alicyclic amines) is 1. The highest BCUT2D eigenvalue weighted by molar-refractivity contribution is 5.94. The highest BCUT2D eigenvalue weighted by Crippen LogP contribution is 2.31. The quantitative estimate of drug-likeness (QED) is 0.448. The van der Waals surface area contributed by atoms with Crippen LogP contribution in [0.15, 0.2) is 66.7 Å². The summed E-state index contributed by atoms with van der Waals surface area (Å²) >= 11 is 0. The number of amides is 1. The molecule has 0 atom stereocenters. The number of carbonyl (C=O) groups excluding carboxylic acids is 1. The summed E-state index contributed by atoms with van der Waals surface area (Å²) in [6.07, 6.45) is 2.10. The van der Waals surface area contributed by atoms with Gasteiger partial charge in [-0.1, -0.05) is 30.3 Å². The summed E-state index contributed by atoms with van der Waals surface area (Å²) < 4.78 is 1.91. The summed E-state index contributed by atoms with van der Waals surface area (Å²) in [5.74, 6) is 0.903. The van der Waals surface area contributed by atoms with Crippen molar-refractivity contribution < 1.29 is 9.72 Å². The molecule has 1 aliphatic heterocycles. The van der Waals surface area contributed by atoms with E-state index >= 15 is 0 Å². The first kappa shape index (κ1) is 19.7. The minimum absolute atomic E-state index is 0.0459. The molecule has 3 aromatic rings. The number of hydrogen-bond acceptors (Lipinski definition) is 4. The summed E-state index contributed by atoms with van der Waals surface area (Å²) in [4.78, 5) is 27.5. The Balaban J connectivity index is 1.70. The van der Waals surface area contributed by atoms with Crippen LogP contribution in [0.25, 0.3) is 0 Å². The van der Waals surface area contributed by atoms with Crippen LogP contribution in [0.4, 0.5) is 17.2 Å². The molecular formula is C23H24N4O3. The standard InChI is InChI=1S/C23H24N4O3/c1-24-21(23(28)25-15-5-6-16-25)13-14-22(24)26(17-18-7-3-2-4-8-18)19-9-11-20(12-10-19)27(29)30/h2-4,7-14H,5-6,15-17H2,1H3. The van der Waals surface area contributed by atoms with Crippen LogP contribution in [0.2, 0.25) is 0 Å². The van der Waals surface area contributed by atoms with Crippen LogP contribution in [0, 0.1) is 10.1 Å². The Bertz CT molecular complexity index is 1040. The molecule has 1 aromatic heterocycles. The van der Waals surface area contributed by atoms with Crippen LogP contribution in [-0.2, 0) is 13.6 Å². The van der Waals surface area contributed by atoms with E-state index < -0.39 is 4.92 Å². The minimum atomic E-state index is -0.402. The fourth-order valence-electron chi connectivity index (χ4n) is 3.89. The Hall–Kier alpha value is -3.61. The molecule has 0 N–H and O–H groups in total. The zero-order chi connectivity index (χ0) is 21.1. The maximum absolute atomic E-state index is 12.9. The van der Waals surface area contributed by atoms with Crippen LogP contribution in [0.1, 0.15) is 28.9 Å². The average molecular weight is 404 g/mol. The number of carbonyl (C=O) groups is 1. The van der Waals surface area contributed by atoms with Crippen LogP contribution in [0.3, 0.4) is 0 Å². The van der Waals surface area contributed by atoms with Crippen molar-refractivity contribution in [1.29, 1.82) is 0 Å². The van der Waals surface area contributed by atoms with Gasteiger partial charge in [-0.05, 0) is 42.7 Å². The van der Waals surface area contributed by atoms with Crippen LogP contribution in [-0.4, -0.2) is 33.4 Å². The molecule has 4 rings (SSSR count). The molecule has 30 heavy (non-hydrogen) atoms. The van der Waals surface area contributed by atoms with Gasteiger partial charge in [0, 0.05) is 44.5 Å². The number of nitro groups is 1. The highest BCUT2D eigenvalue weighted by Gasteiger charge is 2.24. The monoisotopic (exact) mass is 404 g/mol. The van der Waals surface area contributed by atoms with Crippen LogP contribution < -0.4 is 4.90 Å². The molecule has 1 fully saturated rings. The first-order chi connectivity index (χ1) is 14.5. The second-order valence-electron chi connectivity index (χ2n) is 7.48. The van der Waals surface area contributed by atoms with Crippen molar-refractivity contribution in [3.8, 4) is 0 Å². The average Bonchev–Trinajstić information content (AvgIpc) is 3.43. The summed E-state index contributed by atoms with van der Waals surface area (Å²) in [6.45, 7) is 2.18. The lowest BCUT2D eigenvalue weighted by molar-refractivity contribution is -0.384. The highest BCUT2D eigenvalue weighted by atomic mass is 16.6. The first-order valence-electron chi connectivity index (χ1n) is 10.1. The lowest BCUT2D eigenvalue weighted by atomic mass is 10.2. The third-order valence-corrected chi connectivity index (χ3v) is 5.54. The number of aromatic nitrogens is 1. The van der Waals surface area contributed by atoms with Gasteiger partial charge in [0.1, 0.15) is 11.5 Å². The van der Waals surface area contributed by atoms with Crippen molar-refractivity contribution in [3.05, 3.63) is 88.1 Å². The van der Waals surface area contributed by atoms with Crippen molar-refractivity contribution >= 4 is 23.1 Å². The Labute approximate surface area is 175 Å². The third-order valence-electron chi connectivity index (χ3n) is 5.54. The first-order valence-corrected chi connectivity index (χ1v) is 10.1. The lowest BCUT2D eigenvalue weighted by Crippen LogP contribution is -2.29. The predicted molar refractivity (Wildman–Crippen MR) is 116 cm³/mol. The topological polar surface area (TPSA) is 71.6 Å². The normalized spacial score (nSPS) is 13.4. The van der Waals surface area contributed by atoms with Crippen molar-refractivity contribution in [2.24, 2.45) is 7.05 Å². The Morgan fingerprint density at radius 2 is 1.67 bits per heavy atom. The lowest BCUT2D eigenvalue weighted by Gasteiger charge is -2.26. The van der Waals surface area contributed by atoms with Crippen molar-refractivity contribution in [2.75, 3.05) is 18.0 Å². The van der Waals surface area contributed by atoms with E-state index in [9.17, 15) is 14.9 Å². The number of non-ortho nitro benzene ring substituents is 1. The zero-order valence-corrected chi connectivity index (χ0v) is 16.9. The van der Waals surface area contributed by atoms with Gasteiger partial charge in [0.2, 0.25) is 0 Å². The summed E-state index contributed by atoms with van der Waals surface area (Å²) in [6, 6.07) is 20.3. The second kappa shape index (κ2) is 8.41. The van der Waals surface area contributed by atoms with E-state index in [1.807, 2.05) is 59.0 Å². The fraction of sp³-hybridized carbons (Fsp3) is 0.261. The van der Waals surface area contributed by atoms with Crippen LogP contribution >= 0.6 is 0 Å². The molecule has 2 heterocycles. The zero-order valence-electron chi connectivity index (χ0n) is 16.9. The number of nitro benzene ring substituents is 1. The second-order valence-corrected chi connectivity index (χ2v) is 7.48. The molecule has 0 spiro atoms. The molecule has 1 amide bonds. The number of nitrogens with zero attached hydrogens (tertiary/aromatic N) is 4. The molecule has 0 bridgehead atoms. The van der Waals surface area contributed by atoms with Gasteiger partial charge in [-0.2, -0.15) is 0 Å². The molecule has 1 aliphatic rings. The predicted octanol–water partition coefficient (Wildman–Crippen LogP) is 4.51. The number of anilines is 2. The van der Waals surface area contributed by atoms with Gasteiger partial charge in [0.25, 0.3) is 11.6 Å². The smallest absolute Gasteiger partial charge is 0.270 e. The minimum Gasteiger partial charge on any atom is -0.337 e. The molecule has 0 unspecified atom stereocenters. The Kier molecular flexibility index (Phi) is 5.52. The van der Waals surface area contributed by atoms with Gasteiger partial charge in [-0.15, -0.1) is 0 Å². The molecule has 0 radical (unpaired) electrons. The Morgan fingerprint density at radius 1 is 1.00 bits per heavy atom. The van der Waals surface area contributed by atoms with E-state index in [2.05, 4.69) is 4.90 Å².